The van der Waals surface area contributed by atoms with E-state index in [2.05, 4.69) is 32.5 Å². The first-order chi connectivity index (χ1) is 6.70. The molecule has 2 aromatic rings. The van der Waals surface area contributed by atoms with Crippen molar-refractivity contribution in [3.05, 3.63) is 45.4 Å². The molecule has 0 saturated carbocycles. The fraction of sp³-hybridized carbons (Fsp3) is 0. The van der Waals surface area contributed by atoms with Gasteiger partial charge in [-0.1, -0.05) is 22.5 Å². The summed E-state index contributed by atoms with van der Waals surface area (Å²) in [6.45, 7) is 3.55. The maximum absolute atomic E-state index is 11.5. The van der Waals surface area contributed by atoms with Crippen LogP contribution in [0.1, 0.15) is 5.82 Å². The average Bonchev–Trinajstić information content (AvgIpc) is 2.19. The molecule has 1 heterocycles. The van der Waals surface area contributed by atoms with Crippen molar-refractivity contribution in [3.8, 4) is 0 Å². The number of fused-ring (bicyclic) bond motifs is 1. The Kier molecular flexibility index (Phi) is 2.21. The predicted octanol–water partition coefficient (Wildman–Crippen LogP) is 2.33. The number of aromatic nitrogens is 2. The van der Waals surface area contributed by atoms with Crippen molar-refractivity contribution in [1.29, 1.82) is 0 Å². The fourth-order valence-corrected chi connectivity index (χ4v) is 1.59. The van der Waals surface area contributed by atoms with E-state index in [1.165, 1.54) is 6.08 Å². The highest BCUT2D eigenvalue weighted by molar-refractivity contribution is 9.10. The second-order valence-corrected chi connectivity index (χ2v) is 3.73. The Bertz CT molecular complexity index is 560. The minimum atomic E-state index is -0.147. The molecule has 0 saturated heterocycles. The van der Waals surface area contributed by atoms with E-state index in [1.807, 2.05) is 6.07 Å². The maximum atomic E-state index is 11.5. The molecular formula is C10H7BrN2O. The van der Waals surface area contributed by atoms with Crippen molar-refractivity contribution in [2.45, 2.75) is 0 Å². The summed E-state index contributed by atoms with van der Waals surface area (Å²) in [5.41, 5.74) is 0.526. The minimum Gasteiger partial charge on any atom is -0.306 e. The first-order valence-electron chi connectivity index (χ1n) is 4.03. The molecule has 3 nitrogen and oxygen atoms in total. The van der Waals surface area contributed by atoms with Gasteiger partial charge in [-0.2, -0.15) is 0 Å². The van der Waals surface area contributed by atoms with Crippen LogP contribution in [0.3, 0.4) is 0 Å². The van der Waals surface area contributed by atoms with Crippen LogP contribution in [0.4, 0.5) is 0 Å². The van der Waals surface area contributed by atoms with Crippen molar-refractivity contribution in [1.82, 2.24) is 9.97 Å². The van der Waals surface area contributed by atoms with E-state index in [4.69, 9.17) is 0 Å². The molecule has 70 valence electrons. The Hall–Kier alpha value is -1.42. The number of hydrogen-bond acceptors (Lipinski definition) is 2. The van der Waals surface area contributed by atoms with Gasteiger partial charge >= 0.3 is 0 Å². The van der Waals surface area contributed by atoms with Crippen LogP contribution in [0.5, 0.6) is 0 Å². The van der Waals surface area contributed by atoms with Crippen LogP contribution in [0.2, 0.25) is 0 Å². The molecule has 0 aliphatic rings. The van der Waals surface area contributed by atoms with Crippen LogP contribution in [0, 0.1) is 0 Å². The second kappa shape index (κ2) is 3.38. The molecule has 0 radical (unpaired) electrons. The van der Waals surface area contributed by atoms with Gasteiger partial charge in [-0.15, -0.1) is 0 Å². The van der Waals surface area contributed by atoms with Gasteiger partial charge in [0.05, 0.1) is 10.9 Å². The summed E-state index contributed by atoms with van der Waals surface area (Å²) in [7, 11) is 0. The molecule has 0 bridgehead atoms. The number of nitrogens with one attached hydrogen (secondary N) is 1. The Morgan fingerprint density at radius 1 is 1.50 bits per heavy atom. The van der Waals surface area contributed by atoms with E-state index < -0.39 is 0 Å². The number of aromatic amines is 1. The number of rotatable bonds is 1. The SMILES string of the molecule is C=Cc1nc2ccc(Br)cc2c(=O)[nH]1. The average molecular weight is 251 g/mol. The van der Waals surface area contributed by atoms with E-state index in [1.54, 1.807) is 12.1 Å². The lowest BCUT2D eigenvalue weighted by atomic mass is 10.2. The first-order valence-corrected chi connectivity index (χ1v) is 4.82. The third-order valence-electron chi connectivity index (χ3n) is 1.88. The number of hydrogen-bond donors (Lipinski definition) is 1. The standard InChI is InChI=1S/C10H7BrN2O/c1-2-9-12-8-4-3-6(11)5-7(8)10(14)13-9/h2-5H,1H2,(H,12,13,14). The molecule has 4 heteroatoms. The van der Waals surface area contributed by atoms with Gasteiger partial charge in [0.15, 0.2) is 0 Å². The Balaban J connectivity index is 2.90. The fourth-order valence-electron chi connectivity index (χ4n) is 1.23. The molecule has 14 heavy (non-hydrogen) atoms. The van der Waals surface area contributed by atoms with Crippen molar-refractivity contribution < 1.29 is 0 Å². The summed E-state index contributed by atoms with van der Waals surface area (Å²) in [4.78, 5) is 18.4. The second-order valence-electron chi connectivity index (χ2n) is 2.82. The van der Waals surface area contributed by atoms with E-state index in [-0.39, 0.29) is 5.56 Å². The summed E-state index contributed by atoms with van der Waals surface area (Å²) in [6.07, 6.45) is 1.52. The predicted molar refractivity (Wildman–Crippen MR) is 60.2 cm³/mol. The molecular weight excluding hydrogens is 244 g/mol. The van der Waals surface area contributed by atoms with E-state index in [0.29, 0.717) is 16.7 Å². The van der Waals surface area contributed by atoms with Gasteiger partial charge < -0.3 is 4.98 Å². The quantitative estimate of drug-likeness (QED) is 0.845. The number of benzene rings is 1. The Labute approximate surface area is 88.6 Å². The highest BCUT2D eigenvalue weighted by atomic mass is 79.9. The van der Waals surface area contributed by atoms with E-state index in [0.717, 1.165) is 4.47 Å². The van der Waals surface area contributed by atoms with Gasteiger partial charge in [-0.3, -0.25) is 4.79 Å². The summed E-state index contributed by atoms with van der Waals surface area (Å²) >= 11 is 3.30. The van der Waals surface area contributed by atoms with E-state index >= 15 is 0 Å². The van der Waals surface area contributed by atoms with Gasteiger partial charge in [-0.05, 0) is 24.3 Å². The molecule has 0 fully saturated rings. The largest absolute Gasteiger partial charge is 0.306 e. The lowest BCUT2D eigenvalue weighted by Crippen LogP contribution is -2.09. The molecule has 0 atom stereocenters. The first kappa shape index (κ1) is 9.15. The van der Waals surface area contributed by atoms with Crippen molar-refractivity contribution in [2.24, 2.45) is 0 Å². The molecule has 0 amide bonds. The number of halogens is 1. The summed E-state index contributed by atoms with van der Waals surface area (Å²) in [5, 5.41) is 0.574. The number of H-pyrrole nitrogens is 1. The molecule has 0 aliphatic heterocycles. The van der Waals surface area contributed by atoms with Crippen molar-refractivity contribution in [2.75, 3.05) is 0 Å². The molecule has 0 spiro atoms. The minimum absolute atomic E-state index is 0.147. The zero-order chi connectivity index (χ0) is 10.1. The van der Waals surface area contributed by atoms with E-state index in [9.17, 15) is 4.79 Å². The molecule has 0 unspecified atom stereocenters. The molecule has 0 aliphatic carbocycles. The van der Waals surface area contributed by atoms with Crippen molar-refractivity contribution in [3.63, 3.8) is 0 Å². The smallest absolute Gasteiger partial charge is 0.259 e. The normalized spacial score (nSPS) is 10.4. The van der Waals surface area contributed by atoms with Crippen LogP contribution < -0.4 is 5.56 Å². The highest BCUT2D eigenvalue weighted by Crippen LogP contribution is 2.14. The van der Waals surface area contributed by atoms with Crippen LogP contribution >= 0.6 is 15.9 Å². The Morgan fingerprint density at radius 3 is 3.00 bits per heavy atom. The highest BCUT2D eigenvalue weighted by Gasteiger charge is 2.01. The molecule has 1 aromatic heterocycles. The van der Waals surface area contributed by atoms with Gasteiger partial charge in [0.1, 0.15) is 5.82 Å². The third kappa shape index (κ3) is 1.48. The van der Waals surface area contributed by atoms with Crippen LogP contribution in [0.15, 0.2) is 34.0 Å². The van der Waals surface area contributed by atoms with Gasteiger partial charge in [0.2, 0.25) is 0 Å². The summed E-state index contributed by atoms with van der Waals surface area (Å²) in [5.74, 6) is 0.491. The molecule has 1 N–H and O–H groups in total. The third-order valence-corrected chi connectivity index (χ3v) is 2.37. The molecule has 2 rings (SSSR count). The van der Waals surface area contributed by atoms with Gasteiger partial charge in [0.25, 0.3) is 5.56 Å². The molecule has 1 aromatic carbocycles. The topological polar surface area (TPSA) is 45.8 Å². The van der Waals surface area contributed by atoms with Gasteiger partial charge in [0, 0.05) is 4.47 Å². The summed E-state index contributed by atoms with van der Waals surface area (Å²) < 4.78 is 0.864. The lowest BCUT2D eigenvalue weighted by molar-refractivity contribution is 1.14. The lowest BCUT2D eigenvalue weighted by Gasteiger charge is -1.98. The monoisotopic (exact) mass is 250 g/mol. The van der Waals surface area contributed by atoms with Gasteiger partial charge in [-0.25, -0.2) is 4.98 Å². The number of nitrogens with zero attached hydrogens (tertiary/aromatic N) is 1. The maximum Gasteiger partial charge on any atom is 0.259 e. The van der Waals surface area contributed by atoms with Crippen LogP contribution in [-0.4, -0.2) is 9.97 Å². The van der Waals surface area contributed by atoms with Crippen molar-refractivity contribution >= 4 is 32.9 Å². The Morgan fingerprint density at radius 2 is 2.29 bits per heavy atom. The zero-order valence-corrected chi connectivity index (χ0v) is 8.84. The van der Waals surface area contributed by atoms with Crippen LogP contribution in [0.25, 0.3) is 17.0 Å². The van der Waals surface area contributed by atoms with Crippen LogP contribution in [-0.2, 0) is 0 Å². The zero-order valence-electron chi connectivity index (χ0n) is 7.25. The summed E-state index contributed by atoms with van der Waals surface area (Å²) in [6, 6.07) is 5.39.